The summed E-state index contributed by atoms with van der Waals surface area (Å²) in [6, 6.07) is 0. The Morgan fingerprint density at radius 1 is 1.13 bits per heavy atom. The van der Waals surface area contributed by atoms with Gasteiger partial charge in [0.1, 0.15) is 26.2 Å². The molecule has 0 saturated carbocycles. The van der Waals surface area contributed by atoms with Crippen LogP contribution in [0.1, 0.15) is 19.3 Å². The Hall–Kier alpha value is -0.610. The van der Waals surface area contributed by atoms with E-state index in [0.717, 1.165) is 32.7 Å². The van der Waals surface area contributed by atoms with Gasteiger partial charge in [-0.25, -0.2) is 0 Å². The Kier molecular flexibility index (Phi) is 3.97. The molecule has 0 atom stereocenters. The van der Waals surface area contributed by atoms with E-state index in [1.807, 2.05) is 0 Å². The first-order valence-electron chi connectivity index (χ1n) is 6.29. The molecule has 86 valence electrons. The minimum Gasteiger partial charge on any atom is -0.338 e. The molecular weight excluding hydrogens is 190 g/mol. The maximum atomic E-state index is 12.0. The van der Waals surface area contributed by atoms with Gasteiger partial charge in [0.15, 0.2) is 6.54 Å². The van der Waals surface area contributed by atoms with E-state index in [-0.39, 0.29) is 0 Å². The van der Waals surface area contributed by atoms with Crippen LogP contribution in [-0.2, 0) is 4.79 Å². The molecule has 0 aromatic carbocycles. The lowest BCUT2D eigenvalue weighted by atomic mass is 10.1. The van der Waals surface area contributed by atoms with Crippen LogP contribution in [0.4, 0.5) is 0 Å². The third-order valence-corrected chi connectivity index (χ3v) is 3.51. The molecule has 0 aromatic rings. The van der Waals surface area contributed by atoms with Gasteiger partial charge in [-0.3, -0.25) is 4.79 Å². The van der Waals surface area contributed by atoms with E-state index in [1.165, 1.54) is 37.3 Å². The summed E-state index contributed by atoms with van der Waals surface area (Å²) in [6.45, 7) is 7.40. The van der Waals surface area contributed by atoms with E-state index in [2.05, 4.69) is 10.2 Å². The molecule has 2 aliphatic heterocycles. The summed E-state index contributed by atoms with van der Waals surface area (Å²) < 4.78 is 0. The van der Waals surface area contributed by atoms with Crippen molar-refractivity contribution in [3.8, 4) is 0 Å². The number of nitrogens with one attached hydrogen (secondary N) is 1. The number of piperidine rings is 1. The van der Waals surface area contributed by atoms with Gasteiger partial charge in [0.05, 0.1) is 0 Å². The molecule has 2 heterocycles. The smallest absolute Gasteiger partial charge is 0.277 e. The zero-order valence-corrected chi connectivity index (χ0v) is 9.50. The zero-order valence-electron chi connectivity index (χ0n) is 9.50. The molecule has 2 rings (SSSR count). The minimum atomic E-state index is 0.381. The summed E-state index contributed by atoms with van der Waals surface area (Å²) in [7, 11) is 0. The Morgan fingerprint density at radius 3 is 2.47 bits per heavy atom. The summed E-state index contributed by atoms with van der Waals surface area (Å²) in [5.41, 5.74) is 0. The lowest BCUT2D eigenvalue weighted by Gasteiger charge is -2.29. The molecule has 0 spiro atoms. The highest BCUT2D eigenvalue weighted by Crippen LogP contribution is 2.07. The van der Waals surface area contributed by atoms with Crippen molar-refractivity contribution in [1.82, 2.24) is 4.90 Å². The number of hydrogen-bond acceptors (Lipinski definition) is 1. The second kappa shape index (κ2) is 5.47. The van der Waals surface area contributed by atoms with E-state index >= 15 is 0 Å². The number of amides is 1. The summed E-state index contributed by atoms with van der Waals surface area (Å²) >= 11 is 0. The first-order valence-corrected chi connectivity index (χ1v) is 6.29. The quantitative estimate of drug-likeness (QED) is 0.521. The van der Waals surface area contributed by atoms with Gasteiger partial charge in [0.2, 0.25) is 0 Å². The van der Waals surface area contributed by atoms with Crippen molar-refractivity contribution in [3.63, 3.8) is 0 Å². The van der Waals surface area contributed by atoms with Crippen molar-refractivity contribution >= 4 is 5.91 Å². The summed E-state index contributed by atoms with van der Waals surface area (Å²) in [5.74, 6) is 0.381. The number of nitrogens with zero attached hydrogens (tertiary/aromatic N) is 1. The standard InChI is InChI=1S/C11H21N3O/c15-11(14-6-2-1-3-7-14)10-13-8-4-12-5-9-13/h12H,1-10H2/p+2. The summed E-state index contributed by atoms with van der Waals surface area (Å²) in [4.78, 5) is 15.5. The average Bonchev–Trinajstić information content (AvgIpc) is 2.31. The van der Waals surface area contributed by atoms with Crippen molar-refractivity contribution in [1.29, 1.82) is 0 Å². The maximum Gasteiger partial charge on any atom is 0.277 e. The number of piperazine rings is 1. The van der Waals surface area contributed by atoms with Gasteiger partial charge in [0.25, 0.3) is 5.91 Å². The number of rotatable bonds is 2. The highest BCUT2D eigenvalue weighted by molar-refractivity contribution is 5.77. The molecular formula is C11H23N3O+2. The summed E-state index contributed by atoms with van der Waals surface area (Å²) in [6.07, 6.45) is 3.71. The Morgan fingerprint density at radius 2 is 1.80 bits per heavy atom. The van der Waals surface area contributed by atoms with Crippen LogP contribution >= 0.6 is 0 Å². The van der Waals surface area contributed by atoms with Crippen LogP contribution in [0.15, 0.2) is 0 Å². The molecule has 0 bridgehead atoms. The van der Waals surface area contributed by atoms with Crippen LogP contribution in [0.25, 0.3) is 0 Å². The van der Waals surface area contributed by atoms with Gasteiger partial charge in [-0.1, -0.05) is 0 Å². The molecule has 0 aromatic heterocycles. The van der Waals surface area contributed by atoms with Crippen molar-refractivity contribution in [3.05, 3.63) is 0 Å². The minimum absolute atomic E-state index is 0.381. The van der Waals surface area contributed by atoms with Crippen molar-refractivity contribution in [2.75, 3.05) is 45.8 Å². The lowest BCUT2D eigenvalue weighted by molar-refractivity contribution is -0.940. The van der Waals surface area contributed by atoms with Gasteiger partial charge in [-0.05, 0) is 19.3 Å². The second-order valence-electron chi connectivity index (χ2n) is 4.73. The monoisotopic (exact) mass is 213 g/mol. The van der Waals surface area contributed by atoms with E-state index in [4.69, 9.17) is 0 Å². The molecule has 4 nitrogen and oxygen atoms in total. The number of nitrogens with two attached hydrogens (primary N) is 1. The third-order valence-electron chi connectivity index (χ3n) is 3.51. The lowest BCUT2D eigenvalue weighted by Crippen LogP contribution is -3.21. The fraction of sp³-hybridized carbons (Fsp3) is 0.909. The molecule has 1 amide bonds. The first kappa shape index (κ1) is 10.9. The van der Waals surface area contributed by atoms with E-state index in [1.54, 1.807) is 0 Å². The Balaban J connectivity index is 1.74. The molecule has 2 aliphatic rings. The number of hydrogen-bond donors (Lipinski definition) is 2. The van der Waals surface area contributed by atoms with Crippen molar-refractivity contribution < 1.29 is 15.0 Å². The number of carbonyl (C=O) groups excluding carboxylic acids is 1. The van der Waals surface area contributed by atoms with Crippen molar-refractivity contribution in [2.45, 2.75) is 19.3 Å². The van der Waals surface area contributed by atoms with Crippen LogP contribution < -0.4 is 10.2 Å². The average molecular weight is 213 g/mol. The molecule has 2 saturated heterocycles. The molecule has 4 heteroatoms. The second-order valence-corrected chi connectivity index (χ2v) is 4.73. The topological polar surface area (TPSA) is 41.4 Å². The molecule has 0 aliphatic carbocycles. The highest BCUT2D eigenvalue weighted by atomic mass is 16.2. The SMILES string of the molecule is O=C(C[NH+]1CC[NH2+]CC1)N1CCCCC1. The van der Waals surface area contributed by atoms with E-state index < -0.39 is 0 Å². The molecule has 0 unspecified atom stereocenters. The normalized spacial score (nSPS) is 24.1. The van der Waals surface area contributed by atoms with Crippen LogP contribution in [-0.4, -0.2) is 56.6 Å². The number of carbonyl (C=O) groups is 1. The fourth-order valence-corrected chi connectivity index (χ4v) is 2.53. The van der Waals surface area contributed by atoms with Gasteiger partial charge in [0, 0.05) is 13.1 Å². The van der Waals surface area contributed by atoms with Gasteiger partial charge in [-0.15, -0.1) is 0 Å². The van der Waals surface area contributed by atoms with Crippen LogP contribution in [0.5, 0.6) is 0 Å². The molecule has 15 heavy (non-hydrogen) atoms. The predicted octanol–water partition coefficient (Wildman–Crippen LogP) is -2.54. The van der Waals surface area contributed by atoms with Gasteiger partial charge in [-0.2, -0.15) is 0 Å². The third kappa shape index (κ3) is 3.18. The van der Waals surface area contributed by atoms with Gasteiger partial charge >= 0.3 is 0 Å². The van der Waals surface area contributed by atoms with Crippen LogP contribution in [0, 0.1) is 0 Å². The maximum absolute atomic E-state index is 12.0. The van der Waals surface area contributed by atoms with E-state index in [0.29, 0.717) is 5.91 Å². The highest BCUT2D eigenvalue weighted by Gasteiger charge is 2.23. The van der Waals surface area contributed by atoms with E-state index in [9.17, 15) is 4.79 Å². The number of quaternary nitrogens is 2. The largest absolute Gasteiger partial charge is 0.338 e. The number of likely N-dealkylation sites (tertiary alicyclic amines) is 1. The Bertz CT molecular complexity index is 208. The van der Waals surface area contributed by atoms with Crippen LogP contribution in [0.3, 0.4) is 0 Å². The summed E-state index contributed by atoms with van der Waals surface area (Å²) in [5, 5.41) is 2.34. The van der Waals surface area contributed by atoms with Crippen LogP contribution in [0.2, 0.25) is 0 Å². The Labute approximate surface area is 91.6 Å². The fourth-order valence-electron chi connectivity index (χ4n) is 2.53. The molecule has 2 fully saturated rings. The van der Waals surface area contributed by atoms with Gasteiger partial charge < -0.3 is 15.1 Å². The molecule has 3 N–H and O–H groups in total. The molecule has 0 radical (unpaired) electrons. The predicted molar refractivity (Wildman–Crippen MR) is 57.7 cm³/mol. The van der Waals surface area contributed by atoms with Crippen molar-refractivity contribution in [2.24, 2.45) is 0 Å². The first-order chi connectivity index (χ1) is 7.36. The zero-order chi connectivity index (χ0) is 10.5.